The number of nitrogens with zero attached hydrogens (tertiary/aromatic N) is 2. The van der Waals surface area contributed by atoms with Crippen LogP contribution in [-0.2, 0) is 16.1 Å². The predicted molar refractivity (Wildman–Crippen MR) is 137 cm³/mol. The van der Waals surface area contributed by atoms with Crippen LogP contribution in [0.4, 0.5) is 11.4 Å². The molecule has 0 saturated heterocycles. The van der Waals surface area contributed by atoms with Gasteiger partial charge in [-0.3, -0.25) is 14.5 Å². The van der Waals surface area contributed by atoms with Crippen LogP contribution in [0.1, 0.15) is 13.8 Å². The van der Waals surface area contributed by atoms with Gasteiger partial charge in [0.2, 0.25) is 11.8 Å². The van der Waals surface area contributed by atoms with Crippen LogP contribution in [0.3, 0.4) is 0 Å². The molecule has 7 nitrogen and oxygen atoms in total. The fourth-order valence-corrected chi connectivity index (χ4v) is 4.16. The molecule has 0 radical (unpaired) electrons. The van der Waals surface area contributed by atoms with E-state index in [0.29, 0.717) is 5.69 Å². The lowest BCUT2D eigenvalue weighted by Gasteiger charge is -2.23. The van der Waals surface area contributed by atoms with E-state index in [1.54, 1.807) is 50.2 Å². The molecule has 0 fully saturated rings. The van der Waals surface area contributed by atoms with Crippen molar-refractivity contribution in [3.05, 3.63) is 66.7 Å². The Bertz CT molecular complexity index is 1330. The van der Waals surface area contributed by atoms with E-state index in [1.165, 1.54) is 5.52 Å². The molecule has 0 saturated carbocycles. The largest absolute Gasteiger partial charge is 0.497 e. The predicted octanol–water partition coefficient (Wildman–Crippen LogP) is 4.72. The number of nitrogens with one attached hydrogen (secondary N) is 2. The minimum absolute atomic E-state index is 0.0869. The third-order valence-electron chi connectivity index (χ3n) is 6.16. The summed E-state index contributed by atoms with van der Waals surface area (Å²) in [4.78, 5) is 27.1. The third-order valence-corrected chi connectivity index (χ3v) is 6.16. The Kier molecular flexibility index (Phi) is 6.84. The number of aromatic nitrogens is 1. The Morgan fingerprint density at radius 2 is 1.62 bits per heavy atom. The minimum atomic E-state index is -0.491. The molecule has 4 rings (SSSR count). The van der Waals surface area contributed by atoms with E-state index in [4.69, 9.17) is 4.74 Å². The fourth-order valence-electron chi connectivity index (χ4n) is 4.16. The molecule has 1 aromatic heterocycles. The van der Waals surface area contributed by atoms with Gasteiger partial charge >= 0.3 is 0 Å². The molecule has 3 aromatic carbocycles. The molecule has 0 spiro atoms. The summed E-state index contributed by atoms with van der Waals surface area (Å²) in [6, 6.07) is 20.9. The summed E-state index contributed by atoms with van der Waals surface area (Å²) < 4.78 is 7.40. The zero-order chi connectivity index (χ0) is 24.2. The lowest BCUT2D eigenvalue weighted by molar-refractivity contribution is -0.122. The van der Waals surface area contributed by atoms with Gasteiger partial charge in [-0.15, -0.1) is 0 Å². The first-order valence-electron chi connectivity index (χ1n) is 11.4. The second-order valence-electron chi connectivity index (χ2n) is 8.35. The van der Waals surface area contributed by atoms with Gasteiger partial charge in [0.1, 0.15) is 5.75 Å². The van der Waals surface area contributed by atoms with Crippen molar-refractivity contribution in [2.24, 2.45) is 0 Å². The molecule has 4 aromatic rings. The number of methoxy groups -OCH3 is 1. The van der Waals surface area contributed by atoms with Crippen molar-refractivity contribution in [3.8, 4) is 5.75 Å². The van der Waals surface area contributed by atoms with Crippen LogP contribution in [0.25, 0.3) is 21.8 Å². The summed E-state index contributed by atoms with van der Waals surface area (Å²) in [5.41, 5.74) is 3.73. The molecule has 0 bridgehead atoms. The molecule has 1 atom stereocenters. The zero-order valence-electron chi connectivity index (χ0n) is 20.0. The number of fused-ring (bicyclic) bond motifs is 3. The SMILES string of the molecule is CCn1c2ccccc2c2cc(NC(=O)C(C)N(C)CC(=O)Nc3ccc(OC)cc3)ccc21. The quantitative estimate of drug-likeness (QED) is 0.401. The molecule has 1 unspecified atom stereocenters. The number of hydrogen-bond acceptors (Lipinski definition) is 4. The first kappa shape index (κ1) is 23.3. The van der Waals surface area contributed by atoms with Crippen LogP contribution in [0.15, 0.2) is 66.7 Å². The number of anilines is 2. The molecular weight excluding hydrogens is 428 g/mol. The number of likely N-dealkylation sites (N-methyl/N-ethyl adjacent to an activating group) is 1. The summed E-state index contributed by atoms with van der Waals surface area (Å²) in [6.45, 7) is 4.88. The van der Waals surface area contributed by atoms with Gasteiger partial charge in [-0.25, -0.2) is 0 Å². The van der Waals surface area contributed by atoms with Gasteiger partial charge in [0.05, 0.1) is 19.7 Å². The van der Waals surface area contributed by atoms with Crippen molar-refractivity contribution in [3.63, 3.8) is 0 Å². The van der Waals surface area contributed by atoms with Crippen LogP contribution in [0.2, 0.25) is 0 Å². The van der Waals surface area contributed by atoms with Crippen LogP contribution in [-0.4, -0.2) is 48.0 Å². The Labute approximate surface area is 199 Å². The van der Waals surface area contributed by atoms with Gasteiger partial charge < -0.3 is 19.9 Å². The van der Waals surface area contributed by atoms with Crippen LogP contribution in [0, 0.1) is 0 Å². The lowest BCUT2D eigenvalue weighted by Crippen LogP contribution is -2.43. The van der Waals surface area contributed by atoms with E-state index >= 15 is 0 Å². The zero-order valence-corrected chi connectivity index (χ0v) is 20.0. The molecule has 1 heterocycles. The average molecular weight is 459 g/mol. The van der Waals surface area contributed by atoms with Crippen molar-refractivity contribution in [1.29, 1.82) is 0 Å². The average Bonchev–Trinajstić information content (AvgIpc) is 3.16. The van der Waals surface area contributed by atoms with Gasteiger partial charge in [-0.05, 0) is 69.4 Å². The van der Waals surface area contributed by atoms with E-state index in [1.807, 2.05) is 30.3 Å². The molecule has 7 heteroatoms. The number of para-hydroxylation sites is 1. The highest BCUT2D eigenvalue weighted by atomic mass is 16.5. The van der Waals surface area contributed by atoms with E-state index < -0.39 is 6.04 Å². The lowest BCUT2D eigenvalue weighted by atomic mass is 10.1. The van der Waals surface area contributed by atoms with Crippen molar-refractivity contribution < 1.29 is 14.3 Å². The van der Waals surface area contributed by atoms with Crippen LogP contribution in [0.5, 0.6) is 5.75 Å². The first-order chi connectivity index (χ1) is 16.4. The number of carbonyl (C=O) groups excluding carboxylic acids is 2. The van der Waals surface area contributed by atoms with E-state index in [0.717, 1.165) is 34.3 Å². The van der Waals surface area contributed by atoms with Gasteiger partial charge in [0.25, 0.3) is 0 Å². The summed E-state index contributed by atoms with van der Waals surface area (Å²) in [6.07, 6.45) is 0. The molecule has 0 aliphatic heterocycles. The van der Waals surface area contributed by atoms with E-state index in [2.05, 4.69) is 34.3 Å². The van der Waals surface area contributed by atoms with Gasteiger partial charge in [-0.2, -0.15) is 0 Å². The molecule has 176 valence electrons. The van der Waals surface area contributed by atoms with Crippen molar-refractivity contribution in [2.75, 3.05) is 31.3 Å². The number of hydrogen-bond donors (Lipinski definition) is 2. The van der Waals surface area contributed by atoms with Gasteiger partial charge in [0, 0.05) is 39.7 Å². The maximum atomic E-state index is 12.9. The second kappa shape index (κ2) is 9.97. The number of aryl methyl sites for hydroxylation is 1. The Balaban J connectivity index is 1.42. The summed E-state index contributed by atoms with van der Waals surface area (Å²) >= 11 is 0. The molecule has 0 aliphatic rings. The summed E-state index contributed by atoms with van der Waals surface area (Å²) in [5, 5.41) is 8.12. The van der Waals surface area contributed by atoms with Crippen LogP contribution < -0.4 is 15.4 Å². The van der Waals surface area contributed by atoms with Crippen molar-refractivity contribution >= 4 is 45.0 Å². The molecule has 2 amide bonds. The summed E-state index contributed by atoms with van der Waals surface area (Å²) in [7, 11) is 3.35. The smallest absolute Gasteiger partial charge is 0.241 e. The van der Waals surface area contributed by atoms with E-state index in [9.17, 15) is 9.59 Å². The van der Waals surface area contributed by atoms with Gasteiger partial charge in [0.15, 0.2) is 0 Å². The number of carbonyl (C=O) groups is 2. The molecule has 2 N–H and O–H groups in total. The number of ether oxygens (including phenoxy) is 1. The first-order valence-corrected chi connectivity index (χ1v) is 11.4. The second-order valence-corrected chi connectivity index (χ2v) is 8.35. The topological polar surface area (TPSA) is 75.6 Å². The number of rotatable bonds is 8. The highest BCUT2D eigenvalue weighted by molar-refractivity contribution is 6.10. The van der Waals surface area contributed by atoms with Gasteiger partial charge in [-0.1, -0.05) is 18.2 Å². The minimum Gasteiger partial charge on any atom is -0.497 e. The molecule has 34 heavy (non-hydrogen) atoms. The number of amides is 2. The molecular formula is C27H30N4O3. The molecule has 0 aliphatic carbocycles. The summed E-state index contributed by atoms with van der Waals surface area (Å²) in [5.74, 6) is 0.359. The highest BCUT2D eigenvalue weighted by Gasteiger charge is 2.21. The van der Waals surface area contributed by atoms with Crippen LogP contribution >= 0.6 is 0 Å². The normalized spacial score (nSPS) is 12.1. The maximum Gasteiger partial charge on any atom is 0.241 e. The monoisotopic (exact) mass is 458 g/mol. The third kappa shape index (κ3) is 4.75. The number of benzene rings is 3. The van der Waals surface area contributed by atoms with E-state index in [-0.39, 0.29) is 18.4 Å². The Hall–Kier alpha value is -3.84. The Morgan fingerprint density at radius 1 is 0.941 bits per heavy atom. The Morgan fingerprint density at radius 3 is 2.32 bits per heavy atom. The fraction of sp³-hybridized carbons (Fsp3) is 0.259. The highest BCUT2D eigenvalue weighted by Crippen LogP contribution is 2.31. The van der Waals surface area contributed by atoms with Crippen molar-refractivity contribution in [1.82, 2.24) is 9.47 Å². The maximum absolute atomic E-state index is 12.9. The van der Waals surface area contributed by atoms with Crippen molar-refractivity contribution in [2.45, 2.75) is 26.4 Å². The standard InChI is InChI=1S/C27H30N4O3/c1-5-31-24-9-7-6-8-22(24)23-16-20(12-15-25(23)31)29-27(33)18(2)30(3)17-26(32)28-19-10-13-21(34-4)14-11-19/h6-16,18H,5,17H2,1-4H3,(H,28,32)(H,29,33).